The van der Waals surface area contributed by atoms with E-state index in [1.54, 1.807) is 12.1 Å². The number of carbonyl (C=O) groups excluding carboxylic acids is 2. The van der Waals surface area contributed by atoms with Crippen LogP contribution in [0.2, 0.25) is 0 Å². The zero-order valence-corrected chi connectivity index (χ0v) is 16.0. The fourth-order valence-corrected chi connectivity index (χ4v) is 4.27. The minimum atomic E-state index is -0.273. The second-order valence-electron chi connectivity index (χ2n) is 7.72. The number of benzene rings is 1. The van der Waals surface area contributed by atoms with E-state index in [2.05, 4.69) is 15.5 Å². The van der Waals surface area contributed by atoms with Crippen molar-refractivity contribution in [2.24, 2.45) is 11.8 Å². The Balaban J connectivity index is 1.31. The second-order valence-corrected chi connectivity index (χ2v) is 7.72. The van der Waals surface area contributed by atoms with Crippen molar-refractivity contribution >= 4 is 17.5 Å². The maximum atomic E-state index is 12.7. The first kappa shape index (κ1) is 17.7. The summed E-state index contributed by atoms with van der Waals surface area (Å²) < 4.78 is 7.39. The number of carbonyl (C=O) groups is 2. The van der Waals surface area contributed by atoms with Gasteiger partial charge >= 0.3 is 0 Å². The number of hydrogen-bond donors (Lipinski definition) is 1. The molecule has 2 unspecified atom stereocenters. The molecule has 1 N–H and O–H groups in total. The average molecular weight is 391 g/mol. The molecular weight excluding hydrogens is 370 g/mol. The van der Waals surface area contributed by atoms with E-state index in [4.69, 9.17) is 4.42 Å². The minimum absolute atomic E-state index is 0.0784. The van der Waals surface area contributed by atoms with Crippen LogP contribution in [-0.2, 0) is 13.0 Å². The number of anilines is 1. The van der Waals surface area contributed by atoms with Crippen molar-refractivity contribution in [3.63, 3.8) is 0 Å². The smallest absolute Gasteiger partial charge is 0.293 e. The second kappa shape index (κ2) is 6.88. The third kappa shape index (κ3) is 3.20. The molecule has 0 radical (unpaired) electrons. The van der Waals surface area contributed by atoms with Crippen LogP contribution >= 0.6 is 0 Å². The zero-order chi connectivity index (χ0) is 20.0. The van der Waals surface area contributed by atoms with Gasteiger partial charge in [0.1, 0.15) is 11.6 Å². The molecular formula is C21H21N5O3. The molecule has 2 aliphatic rings. The third-order valence-electron chi connectivity index (χ3n) is 5.74. The Morgan fingerprint density at radius 3 is 2.59 bits per heavy atom. The molecule has 0 spiro atoms. The van der Waals surface area contributed by atoms with Gasteiger partial charge in [0.15, 0.2) is 5.76 Å². The van der Waals surface area contributed by atoms with Crippen molar-refractivity contribution in [1.82, 2.24) is 19.7 Å². The highest BCUT2D eigenvalue weighted by Gasteiger charge is 2.41. The van der Waals surface area contributed by atoms with Crippen LogP contribution in [0.5, 0.6) is 0 Å². The average Bonchev–Trinajstić information content (AvgIpc) is 3.43. The molecule has 8 heteroatoms. The van der Waals surface area contributed by atoms with Gasteiger partial charge in [-0.15, -0.1) is 10.2 Å². The summed E-state index contributed by atoms with van der Waals surface area (Å²) in [4.78, 5) is 27.3. The lowest BCUT2D eigenvalue weighted by Gasteiger charge is -2.25. The van der Waals surface area contributed by atoms with Crippen molar-refractivity contribution in [3.05, 3.63) is 65.6 Å². The normalized spacial score (nSPS) is 20.2. The van der Waals surface area contributed by atoms with Gasteiger partial charge in [0.25, 0.3) is 11.8 Å². The van der Waals surface area contributed by atoms with Crippen molar-refractivity contribution in [1.29, 1.82) is 0 Å². The number of rotatable bonds is 3. The minimum Gasteiger partial charge on any atom is -0.456 e. The Labute approximate surface area is 167 Å². The van der Waals surface area contributed by atoms with Gasteiger partial charge in [0.05, 0.1) is 0 Å². The monoisotopic (exact) mass is 391 g/mol. The van der Waals surface area contributed by atoms with Crippen LogP contribution in [0.3, 0.4) is 0 Å². The van der Waals surface area contributed by atoms with Crippen LogP contribution in [0.15, 0.2) is 46.9 Å². The van der Waals surface area contributed by atoms with Crippen molar-refractivity contribution in [3.8, 4) is 0 Å². The lowest BCUT2D eigenvalue weighted by Crippen LogP contribution is -2.31. The summed E-state index contributed by atoms with van der Waals surface area (Å²) in [6.45, 7) is 3.77. The van der Waals surface area contributed by atoms with Crippen LogP contribution in [0.25, 0.3) is 0 Å². The molecule has 8 nitrogen and oxygen atoms in total. The topological polar surface area (TPSA) is 93.3 Å². The summed E-state index contributed by atoms with van der Waals surface area (Å²) in [5.74, 6) is 2.45. The van der Waals surface area contributed by atoms with Gasteiger partial charge in [-0.3, -0.25) is 9.59 Å². The number of likely N-dealkylation sites (tertiary alicyclic amines) is 1. The summed E-state index contributed by atoms with van der Waals surface area (Å²) in [7, 11) is 0. The highest BCUT2D eigenvalue weighted by molar-refractivity contribution is 6.01. The van der Waals surface area contributed by atoms with Gasteiger partial charge in [-0.25, -0.2) is 0 Å². The van der Waals surface area contributed by atoms with Crippen molar-refractivity contribution in [2.45, 2.75) is 19.9 Å². The number of fused-ring (bicyclic) bond motifs is 2. The predicted octanol–water partition coefficient (Wildman–Crippen LogP) is 2.38. The summed E-state index contributed by atoms with van der Waals surface area (Å²) >= 11 is 0. The van der Waals surface area contributed by atoms with E-state index in [-0.39, 0.29) is 17.7 Å². The van der Waals surface area contributed by atoms with E-state index in [9.17, 15) is 9.59 Å². The van der Waals surface area contributed by atoms with E-state index in [1.807, 2.05) is 46.7 Å². The molecule has 2 aromatic heterocycles. The molecule has 1 fully saturated rings. The van der Waals surface area contributed by atoms with Gasteiger partial charge < -0.3 is 19.2 Å². The van der Waals surface area contributed by atoms with E-state index >= 15 is 0 Å². The largest absolute Gasteiger partial charge is 0.456 e. The first-order chi connectivity index (χ1) is 14.1. The predicted molar refractivity (Wildman–Crippen MR) is 104 cm³/mol. The lowest BCUT2D eigenvalue weighted by atomic mass is 9.89. The van der Waals surface area contributed by atoms with Gasteiger partial charge in [-0.05, 0) is 43.0 Å². The molecule has 1 saturated heterocycles. The number of aromatic nitrogens is 3. The molecule has 1 aromatic carbocycles. The van der Waals surface area contributed by atoms with E-state index in [0.29, 0.717) is 43.6 Å². The Morgan fingerprint density at radius 1 is 1.03 bits per heavy atom. The molecule has 29 heavy (non-hydrogen) atoms. The molecule has 5 rings (SSSR count). The van der Waals surface area contributed by atoms with Crippen molar-refractivity contribution in [2.75, 3.05) is 18.4 Å². The van der Waals surface area contributed by atoms with Crippen LogP contribution < -0.4 is 5.32 Å². The number of para-hydroxylation sites is 1. The Hall–Kier alpha value is -3.42. The number of hydrogen-bond acceptors (Lipinski definition) is 5. The van der Waals surface area contributed by atoms with E-state index in [0.717, 1.165) is 17.3 Å². The van der Waals surface area contributed by atoms with Crippen LogP contribution in [-0.4, -0.2) is 44.6 Å². The summed E-state index contributed by atoms with van der Waals surface area (Å²) in [6, 6.07) is 12.8. The molecule has 4 heterocycles. The number of furan rings is 1. The van der Waals surface area contributed by atoms with Gasteiger partial charge in [-0.1, -0.05) is 18.2 Å². The zero-order valence-electron chi connectivity index (χ0n) is 16.0. The Kier molecular flexibility index (Phi) is 4.19. The molecule has 148 valence electrons. The quantitative estimate of drug-likeness (QED) is 0.740. The third-order valence-corrected chi connectivity index (χ3v) is 5.74. The van der Waals surface area contributed by atoms with Crippen LogP contribution in [0, 0.1) is 18.8 Å². The fraction of sp³-hybridized carbons (Fsp3) is 0.333. The SMILES string of the molecule is Cc1ccc(C(=O)N2CC3Cc4nnc(C(=O)Nc5ccccc5)n4CC3C2)o1. The van der Waals surface area contributed by atoms with Crippen LogP contribution in [0.4, 0.5) is 5.69 Å². The molecule has 0 aliphatic carbocycles. The van der Waals surface area contributed by atoms with E-state index < -0.39 is 0 Å². The molecule has 2 amide bonds. The first-order valence-electron chi connectivity index (χ1n) is 9.72. The molecule has 0 saturated carbocycles. The lowest BCUT2D eigenvalue weighted by molar-refractivity contribution is 0.0750. The molecule has 2 aliphatic heterocycles. The number of aryl methyl sites for hydroxylation is 1. The highest BCUT2D eigenvalue weighted by Crippen LogP contribution is 2.33. The van der Waals surface area contributed by atoms with Crippen molar-refractivity contribution < 1.29 is 14.0 Å². The number of amides is 2. The summed E-state index contributed by atoms with van der Waals surface area (Å²) in [5, 5.41) is 11.2. The number of nitrogens with zero attached hydrogens (tertiary/aromatic N) is 4. The Morgan fingerprint density at radius 2 is 1.83 bits per heavy atom. The molecule has 2 atom stereocenters. The fourth-order valence-electron chi connectivity index (χ4n) is 4.27. The standard InChI is InChI=1S/C21H21N5O3/c1-13-7-8-17(29-13)21(28)25-10-14-9-18-23-24-19(26(18)12-15(14)11-25)20(27)22-16-5-3-2-4-6-16/h2-8,14-15H,9-12H2,1H3,(H,22,27). The first-order valence-corrected chi connectivity index (χ1v) is 9.72. The maximum Gasteiger partial charge on any atom is 0.293 e. The number of nitrogens with one attached hydrogen (secondary N) is 1. The van der Waals surface area contributed by atoms with Gasteiger partial charge in [0, 0.05) is 31.7 Å². The van der Waals surface area contributed by atoms with Gasteiger partial charge in [0.2, 0.25) is 5.82 Å². The maximum absolute atomic E-state index is 12.7. The summed E-state index contributed by atoms with van der Waals surface area (Å²) in [6.07, 6.45) is 0.706. The Bertz CT molecular complexity index is 1070. The highest BCUT2D eigenvalue weighted by atomic mass is 16.3. The van der Waals surface area contributed by atoms with Crippen LogP contribution in [0.1, 0.15) is 32.8 Å². The molecule has 3 aromatic rings. The molecule has 0 bridgehead atoms. The van der Waals surface area contributed by atoms with Gasteiger partial charge in [-0.2, -0.15) is 0 Å². The van der Waals surface area contributed by atoms with E-state index in [1.165, 1.54) is 0 Å². The summed E-state index contributed by atoms with van der Waals surface area (Å²) in [5.41, 5.74) is 0.718.